The molecule has 1 aromatic heterocycles. The molecule has 3 aromatic rings. The Morgan fingerprint density at radius 3 is 2.59 bits per heavy atom. The molecule has 0 aliphatic carbocycles. The molecule has 0 unspecified atom stereocenters. The first-order valence-corrected chi connectivity index (χ1v) is 8.92. The van der Waals surface area contributed by atoms with Gasteiger partial charge in [0.25, 0.3) is 5.56 Å². The third kappa shape index (κ3) is 2.76. The summed E-state index contributed by atoms with van der Waals surface area (Å²) >= 11 is 0. The van der Waals surface area contributed by atoms with Gasteiger partial charge >= 0.3 is 0 Å². The van der Waals surface area contributed by atoms with Crippen LogP contribution in [0, 0.1) is 0 Å². The van der Waals surface area contributed by atoms with E-state index in [4.69, 9.17) is 0 Å². The van der Waals surface area contributed by atoms with E-state index in [9.17, 15) is 9.59 Å². The fourth-order valence-electron chi connectivity index (χ4n) is 3.84. The van der Waals surface area contributed by atoms with Gasteiger partial charge in [-0.15, -0.1) is 0 Å². The Morgan fingerprint density at radius 1 is 1.11 bits per heavy atom. The Labute approximate surface area is 157 Å². The van der Waals surface area contributed by atoms with Crippen LogP contribution in [0.25, 0.3) is 10.9 Å². The minimum atomic E-state index is -0.270. The van der Waals surface area contributed by atoms with Crippen LogP contribution in [0.1, 0.15) is 19.4 Å². The van der Waals surface area contributed by atoms with Gasteiger partial charge in [-0.3, -0.25) is 14.2 Å². The molecule has 0 saturated carbocycles. The van der Waals surface area contributed by atoms with Gasteiger partial charge in [0.1, 0.15) is 0 Å². The van der Waals surface area contributed by atoms with Gasteiger partial charge in [-0.05, 0) is 23.8 Å². The van der Waals surface area contributed by atoms with Crippen LogP contribution in [-0.2, 0) is 16.8 Å². The first kappa shape index (κ1) is 17.2. The first-order valence-electron chi connectivity index (χ1n) is 8.92. The third-order valence-electron chi connectivity index (χ3n) is 5.30. The molecule has 4 rings (SSSR count). The number of hydrogen-bond acceptors (Lipinski definition) is 4. The lowest BCUT2D eigenvalue weighted by molar-refractivity contribution is -0.115. The van der Waals surface area contributed by atoms with E-state index >= 15 is 0 Å². The standard InChI is InChI=1S/C22H21N3O2/c1-22(2)17-9-5-7-11-19(17)24(3)20(22)12-15(26)13-25-14-23-18-10-6-4-8-16(18)21(25)27/h4-12,14H,13H2,1-3H3/b20-12-. The van der Waals surface area contributed by atoms with Gasteiger partial charge in [0.2, 0.25) is 0 Å². The monoisotopic (exact) mass is 359 g/mol. The van der Waals surface area contributed by atoms with Crippen LogP contribution in [0.2, 0.25) is 0 Å². The van der Waals surface area contributed by atoms with E-state index in [1.165, 1.54) is 16.5 Å². The van der Waals surface area contributed by atoms with Gasteiger partial charge in [-0.1, -0.05) is 44.2 Å². The summed E-state index contributed by atoms with van der Waals surface area (Å²) in [6.07, 6.45) is 3.10. The summed E-state index contributed by atoms with van der Waals surface area (Å²) in [5.41, 5.74) is 3.39. The summed E-state index contributed by atoms with van der Waals surface area (Å²) in [7, 11) is 1.97. The number of benzene rings is 2. The zero-order chi connectivity index (χ0) is 19.2. The molecule has 0 atom stereocenters. The van der Waals surface area contributed by atoms with Crippen molar-refractivity contribution in [1.82, 2.24) is 9.55 Å². The molecule has 0 radical (unpaired) electrons. The maximum atomic E-state index is 12.8. The van der Waals surface area contributed by atoms with Crippen LogP contribution >= 0.6 is 0 Å². The summed E-state index contributed by atoms with van der Waals surface area (Å²) in [5.74, 6) is -0.128. The van der Waals surface area contributed by atoms with Gasteiger partial charge in [-0.25, -0.2) is 4.98 Å². The molecule has 2 heterocycles. The third-order valence-corrected chi connectivity index (χ3v) is 5.30. The normalized spacial score (nSPS) is 16.7. The Balaban J connectivity index is 1.67. The number of likely N-dealkylation sites (N-methyl/N-ethyl adjacent to an activating group) is 1. The Hall–Kier alpha value is -3.21. The van der Waals surface area contributed by atoms with Crippen LogP contribution in [-0.4, -0.2) is 22.4 Å². The van der Waals surface area contributed by atoms with Crippen LogP contribution in [0.4, 0.5) is 5.69 Å². The highest BCUT2D eigenvalue weighted by Crippen LogP contribution is 2.46. The van der Waals surface area contributed by atoms with Crippen molar-refractivity contribution >= 4 is 22.4 Å². The van der Waals surface area contributed by atoms with Crippen molar-refractivity contribution < 1.29 is 4.79 Å². The number of ketones is 1. The molecule has 0 N–H and O–H groups in total. The molecule has 5 heteroatoms. The minimum Gasteiger partial charge on any atom is -0.347 e. The first-order chi connectivity index (χ1) is 12.9. The molecule has 0 saturated heterocycles. The lowest BCUT2D eigenvalue weighted by Crippen LogP contribution is -2.27. The average molecular weight is 359 g/mol. The fraction of sp³-hybridized carbons (Fsp3) is 0.227. The maximum absolute atomic E-state index is 12.8. The Bertz CT molecular complexity index is 1140. The van der Waals surface area contributed by atoms with E-state index in [-0.39, 0.29) is 23.3 Å². The van der Waals surface area contributed by atoms with Crippen LogP contribution in [0.3, 0.4) is 0 Å². The van der Waals surface area contributed by atoms with Crippen LogP contribution < -0.4 is 10.5 Å². The maximum Gasteiger partial charge on any atom is 0.261 e. The topological polar surface area (TPSA) is 55.2 Å². The second-order valence-electron chi connectivity index (χ2n) is 7.39. The summed E-state index contributed by atoms with van der Waals surface area (Å²) in [6, 6.07) is 15.3. The SMILES string of the molecule is CN1/C(=C\C(=O)Cn2cnc3ccccc3c2=O)C(C)(C)c2ccccc21. The number of fused-ring (bicyclic) bond motifs is 2. The Kier molecular flexibility index (Phi) is 3.95. The van der Waals surface area contributed by atoms with E-state index in [2.05, 4.69) is 35.9 Å². The number of carbonyl (C=O) groups excluding carboxylic acids is 1. The molecule has 27 heavy (non-hydrogen) atoms. The number of nitrogens with zero attached hydrogens (tertiary/aromatic N) is 3. The van der Waals surface area contributed by atoms with Crippen molar-refractivity contribution in [1.29, 1.82) is 0 Å². The highest BCUT2D eigenvalue weighted by molar-refractivity contribution is 5.92. The predicted octanol–water partition coefficient (Wildman–Crippen LogP) is 3.28. The number of rotatable bonds is 3. The molecular formula is C22H21N3O2. The van der Waals surface area contributed by atoms with Crippen molar-refractivity contribution in [3.8, 4) is 0 Å². The van der Waals surface area contributed by atoms with Crippen molar-refractivity contribution in [2.45, 2.75) is 25.8 Å². The Morgan fingerprint density at radius 2 is 1.81 bits per heavy atom. The number of anilines is 1. The second kappa shape index (κ2) is 6.20. The zero-order valence-electron chi connectivity index (χ0n) is 15.6. The van der Waals surface area contributed by atoms with Crippen molar-refractivity contribution in [3.05, 3.63) is 82.5 Å². The number of hydrogen-bond donors (Lipinski definition) is 0. The van der Waals surface area contributed by atoms with E-state index < -0.39 is 0 Å². The predicted molar refractivity (Wildman–Crippen MR) is 107 cm³/mol. The molecule has 1 aliphatic heterocycles. The van der Waals surface area contributed by atoms with Gasteiger partial charge in [-0.2, -0.15) is 0 Å². The molecule has 5 nitrogen and oxygen atoms in total. The largest absolute Gasteiger partial charge is 0.347 e. The summed E-state index contributed by atoms with van der Waals surface area (Å²) in [4.78, 5) is 31.7. The smallest absolute Gasteiger partial charge is 0.261 e. The van der Waals surface area contributed by atoms with E-state index in [0.29, 0.717) is 10.9 Å². The lowest BCUT2D eigenvalue weighted by atomic mass is 9.83. The second-order valence-corrected chi connectivity index (χ2v) is 7.39. The average Bonchev–Trinajstić information content (AvgIpc) is 2.85. The molecule has 136 valence electrons. The quantitative estimate of drug-likeness (QED) is 0.674. The highest BCUT2D eigenvalue weighted by atomic mass is 16.1. The van der Waals surface area contributed by atoms with Gasteiger partial charge in [0.15, 0.2) is 5.78 Å². The highest BCUT2D eigenvalue weighted by Gasteiger charge is 2.38. The number of para-hydroxylation sites is 2. The van der Waals surface area contributed by atoms with E-state index in [1.54, 1.807) is 24.3 Å². The summed E-state index contributed by atoms with van der Waals surface area (Å²) in [5, 5.41) is 0.520. The summed E-state index contributed by atoms with van der Waals surface area (Å²) in [6.45, 7) is 4.19. The van der Waals surface area contributed by atoms with Crippen molar-refractivity contribution in [3.63, 3.8) is 0 Å². The van der Waals surface area contributed by atoms with Crippen molar-refractivity contribution in [2.75, 3.05) is 11.9 Å². The molecule has 0 bridgehead atoms. The summed E-state index contributed by atoms with van der Waals surface area (Å²) < 4.78 is 1.37. The van der Waals surface area contributed by atoms with E-state index in [1.807, 2.05) is 25.2 Å². The molecule has 1 aliphatic rings. The fourth-order valence-corrected chi connectivity index (χ4v) is 3.84. The lowest BCUT2D eigenvalue weighted by Gasteiger charge is -2.24. The van der Waals surface area contributed by atoms with Crippen LogP contribution in [0.15, 0.2) is 71.4 Å². The van der Waals surface area contributed by atoms with Crippen LogP contribution in [0.5, 0.6) is 0 Å². The van der Waals surface area contributed by atoms with Gasteiger partial charge in [0, 0.05) is 29.9 Å². The number of aromatic nitrogens is 2. The zero-order valence-corrected chi connectivity index (χ0v) is 15.6. The molecular weight excluding hydrogens is 338 g/mol. The number of carbonyl (C=O) groups is 1. The van der Waals surface area contributed by atoms with Gasteiger partial charge in [0.05, 0.1) is 23.8 Å². The van der Waals surface area contributed by atoms with Crippen molar-refractivity contribution in [2.24, 2.45) is 0 Å². The van der Waals surface area contributed by atoms with E-state index in [0.717, 1.165) is 11.4 Å². The number of allylic oxidation sites excluding steroid dienone is 2. The molecule has 2 aromatic carbocycles. The molecule has 0 spiro atoms. The minimum absolute atomic E-state index is 0.0273. The van der Waals surface area contributed by atoms with Gasteiger partial charge < -0.3 is 4.90 Å². The molecule has 0 amide bonds. The molecule has 0 fully saturated rings.